The number of fused-ring (bicyclic) bond motifs is 8. The number of para-hydroxylation sites is 4. The number of hydrogen-bond donors (Lipinski definition) is 0. The lowest BCUT2D eigenvalue weighted by molar-refractivity contribution is 1.09. The quantitative estimate of drug-likeness (QED) is 0.189. The maximum atomic E-state index is 4.89. The van der Waals surface area contributed by atoms with E-state index in [0.29, 0.717) is 0 Å². The summed E-state index contributed by atoms with van der Waals surface area (Å²) in [7, 11) is 0. The van der Waals surface area contributed by atoms with E-state index in [1.54, 1.807) is 0 Å². The third-order valence-electron chi connectivity index (χ3n) is 10.3. The van der Waals surface area contributed by atoms with Crippen LogP contribution in [0.3, 0.4) is 0 Å². The number of hydrogen-bond acceptors (Lipinski definition) is 1. The van der Waals surface area contributed by atoms with Crippen LogP contribution in [0.1, 0.15) is 0 Å². The maximum Gasteiger partial charge on any atom is 0.0666 e. The van der Waals surface area contributed by atoms with E-state index >= 15 is 0 Å². The summed E-state index contributed by atoms with van der Waals surface area (Å²) < 4.78 is 9.28. The van der Waals surface area contributed by atoms with Gasteiger partial charge in [-0.1, -0.05) is 72.8 Å². The summed E-state index contributed by atoms with van der Waals surface area (Å²) in [5.41, 5.74) is 11.4. The lowest BCUT2D eigenvalue weighted by Crippen LogP contribution is -2.00. The molecule has 0 radical (unpaired) electrons. The Hall–Kier alpha value is -6.85. The summed E-state index contributed by atoms with van der Waals surface area (Å²) in [6.07, 6.45) is 8.31. The van der Waals surface area contributed by atoms with Gasteiger partial charge in [-0.05, 0) is 78.9 Å². The largest absolute Gasteiger partial charge is 0.317 e. The standard InChI is InChI=1S/C45H29N5/c1-3-11-32(12-4-1)47-21-19-30-23-44-38(26-42(30)47)36-15-7-9-17-40(36)49(44)34-25-35(29-46-28-34)50-41-18-10-8-16-37(41)39-27-43-31(24-45(39)50)20-22-48(43)33-13-5-2-6-14-33/h1-29H. The minimum atomic E-state index is 1.03. The zero-order valence-electron chi connectivity index (χ0n) is 27.0. The van der Waals surface area contributed by atoms with E-state index < -0.39 is 0 Å². The third-order valence-corrected chi connectivity index (χ3v) is 10.3. The number of aromatic nitrogens is 5. The molecule has 11 aromatic rings. The van der Waals surface area contributed by atoms with E-state index in [0.717, 1.165) is 44.8 Å². The lowest BCUT2D eigenvalue weighted by Gasteiger charge is -2.12. The van der Waals surface area contributed by atoms with Crippen LogP contribution in [0.25, 0.3) is 88.2 Å². The molecular formula is C45H29N5. The molecule has 0 atom stereocenters. The van der Waals surface area contributed by atoms with Crippen molar-refractivity contribution >= 4 is 65.4 Å². The van der Waals surface area contributed by atoms with Gasteiger partial charge >= 0.3 is 0 Å². The molecule has 5 heteroatoms. The maximum absolute atomic E-state index is 4.89. The fourth-order valence-corrected chi connectivity index (χ4v) is 8.04. The Bertz CT molecular complexity index is 2880. The molecule has 0 bridgehead atoms. The monoisotopic (exact) mass is 639 g/mol. The van der Waals surface area contributed by atoms with Gasteiger partial charge in [0.25, 0.3) is 0 Å². The average Bonchev–Trinajstić information content (AvgIpc) is 3.94. The molecule has 0 aliphatic carbocycles. The molecule has 0 saturated heterocycles. The first kappa shape index (κ1) is 27.1. The van der Waals surface area contributed by atoms with Gasteiger partial charge in [-0.25, -0.2) is 0 Å². The van der Waals surface area contributed by atoms with Crippen molar-refractivity contribution in [2.45, 2.75) is 0 Å². The van der Waals surface area contributed by atoms with Crippen molar-refractivity contribution in [3.63, 3.8) is 0 Å². The first-order valence-corrected chi connectivity index (χ1v) is 17.0. The number of rotatable bonds is 4. The molecule has 5 aromatic heterocycles. The Morgan fingerprint density at radius 2 is 0.760 bits per heavy atom. The molecule has 5 nitrogen and oxygen atoms in total. The van der Waals surface area contributed by atoms with Gasteiger partial charge < -0.3 is 18.3 Å². The van der Waals surface area contributed by atoms with Crippen LogP contribution in [0.5, 0.6) is 0 Å². The van der Waals surface area contributed by atoms with E-state index in [4.69, 9.17) is 4.98 Å². The van der Waals surface area contributed by atoms with Crippen molar-refractivity contribution < 1.29 is 0 Å². The molecule has 0 aliphatic rings. The summed E-state index contributed by atoms with van der Waals surface area (Å²) in [6.45, 7) is 0. The van der Waals surface area contributed by atoms with Crippen molar-refractivity contribution in [3.05, 3.63) is 176 Å². The number of nitrogens with zero attached hydrogens (tertiary/aromatic N) is 5. The molecule has 6 aromatic carbocycles. The Labute approximate surface area is 287 Å². The SMILES string of the molecule is c1ccc(-n2ccc3cc4c(cc32)c2ccccc2n4-c2cncc(-n3c4ccccc4c4cc5c(ccn5-c5ccccc5)cc43)c2)cc1. The third kappa shape index (κ3) is 3.86. The summed E-state index contributed by atoms with van der Waals surface area (Å²) in [4.78, 5) is 4.89. The second-order valence-corrected chi connectivity index (χ2v) is 13.0. The molecule has 0 amide bonds. The van der Waals surface area contributed by atoms with E-state index in [1.165, 1.54) is 43.4 Å². The summed E-state index contributed by atoms with van der Waals surface area (Å²) >= 11 is 0. The van der Waals surface area contributed by atoms with Gasteiger partial charge in [0.15, 0.2) is 0 Å². The molecule has 0 fully saturated rings. The topological polar surface area (TPSA) is 32.6 Å². The van der Waals surface area contributed by atoms with Crippen LogP contribution >= 0.6 is 0 Å². The zero-order chi connectivity index (χ0) is 32.8. The molecule has 0 N–H and O–H groups in total. The fraction of sp³-hybridized carbons (Fsp3) is 0. The Balaban J connectivity index is 1.14. The van der Waals surface area contributed by atoms with Crippen molar-refractivity contribution in [3.8, 4) is 22.7 Å². The second kappa shape index (κ2) is 10.3. The van der Waals surface area contributed by atoms with Gasteiger partial charge in [-0.15, -0.1) is 0 Å². The molecule has 0 spiro atoms. The first-order valence-electron chi connectivity index (χ1n) is 17.0. The van der Waals surface area contributed by atoms with Crippen LogP contribution in [-0.4, -0.2) is 23.3 Å². The van der Waals surface area contributed by atoms with Gasteiger partial charge in [0.05, 0.1) is 56.9 Å². The van der Waals surface area contributed by atoms with Crippen LogP contribution in [0.2, 0.25) is 0 Å². The Kier molecular flexibility index (Phi) is 5.60. The fourth-order valence-electron chi connectivity index (χ4n) is 8.04. The van der Waals surface area contributed by atoms with Crippen molar-refractivity contribution in [1.82, 2.24) is 23.3 Å². The molecule has 50 heavy (non-hydrogen) atoms. The average molecular weight is 640 g/mol. The van der Waals surface area contributed by atoms with Gasteiger partial charge in [0.2, 0.25) is 0 Å². The van der Waals surface area contributed by atoms with Gasteiger partial charge in [-0.3, -0.25) is 4.98 Å². The zero-order valence-corrected chi connectivity index (χ0v) is 27.0. The summed E-state index contributed by atoms with van der Waals surface area (Å²) in [5.74, 6) is 0. The van der Waals surface area contributed by atoms with Crippen LogP contribution in [0, 0.1) is 0 Å². The van der Waals surface area contributed by atoms with E-state index in [2.05, 4.69) is 182 Å². The molecule has 0 aliphatic heterocycles. The summed E-state index contributed by atoms with van der Waals surface area (Å²) in [6, 6.07) is 54.5. The van der Waals surface area contributed by atoms with Gasteiger partial charge in [0.1, 0.15) is 0 Å². The highest BCUT2D eigenvalue weighted by Crippen LogP contribution is 2.38. The molecule has 0 unspecified atom stereocenters. The molecular weight excluding hydrogens is 611 g/mol. The van der Waals surface area contributed by atoms with Gasteiger partial charge in [0, 0.05) is 56.1 Å². The molecule has 11 rings (SSSR count). The molecule has 0 saturated carbocycles. The predicted molar refractivity (Wildman–Crippen MR) is 207 cm³/mol. The van der Waals surface area contributed by atoms with E-state index in [-0.39, 0.29) is 0 Å². The smallest absolute Gasteiger partial charge is 0.0666 e. The number of benzene rings is 6. The Morgan fingerprint density at radius 1 is 0.320 bits per heavy atom. The minimum absolute atomic E-state index is 1.03. The highest BCUT2D eigenvalue weighted by Gasteiger charge is 2.18. The normalized spacial score (nSPS) is 12.0. The highest BCUT2D eigenvalue weighted by molar-refractivity contribution is 6.15. The molecule has 234 valence electrons. The summed E-state index contributed by atoms with van der Waals surface area (Å²) in [5, 5.41) is 7.27. The Morgan fingerprint density at radius 3 is 1.24 bits per heavy atom. The first-order chi connectivity index (χ1) is 24.8. The van der Waals surface area contributed by atoms with Crippen LogP contribution in [0.15, 0.2) is 176 Å². The van der Waals surface area contributed by atoms with Crippen molar-refractivity contribution in [1.29, 1.82) is 0 Å². The van der Waals surface area contributed by atoms with E-state index in [1.807, 2.05) is 12.4 Å². The highest BCUT2D eigenvalue weighted by atomic mass is 15.0. The molecule has 5 heterocycles. The van der Waals surface area contributed by atoms with Crippen LogP contribution < -0.4 is 0 Å². The van der Waals surface area contributed by atoms with Crippen LogP contribution in [-0.2, 0) is 0 Å². The second-order valence-electron chi connectivity index (χ2n) is 13.0. The predicted octanol–water partition coefficient (Wildman–Crippen LogP) is 11.2. The van der Waals surface area contributed by atoms with Crippen molar-refractivity contribution in [2.24, 2.45) is 0 Å². The minimum Gasteiger partial charge on any atom is -0.317 e. The van der Waals surface area contributed by atoms with E-state index in [9.17, 15) is 0 Å². The van der Waals surface area contributed by atoms with Crippen molar-refractivity contribution in [2.75, 3.05) is 0 Å². The van der Waals surface area contributed by atoms with Crippen LogP contribution in [0.4, 0.5) is 0 Å². The number of pyridine rings is 1. The lowest BCUT2D eigenvalue weighted by atomic mass is 10.1. The van der Waals surface area contributed by atoms with Gasteiger partial charge in [-0.2, -0.15) is 0 Å².